The van der Waals surface area contributed by atoms with Crippen molar-refractivity contribution in [1.29, 1.82) is 0 Å². The van der Waals surface area contributed by atoms with Gasteiger partial charge in [0.15, 0.2) is 12.3 Å². The zero-order valence-corrected chi connectivity index (χ0v) is 25.7. The molecule has 4 aliphatic rings. The monoisotopic (exact) mass is 516 g/mol. The van der Waals surface area contributed by atoms with Gasteiger partial charge < -0.3 is 10.4 Å². The summed E-state index contributed by atoms with van der Waals surface area (Å²) < 4.78 is 9.94. The molecule has 7 heteroatoms. The van der Waals surface area contributed by atoms with E-state index in [2.05, 4.69) is 69.1 Å². The van der Waals surface area contributed by atoms with Gasteiger partial charge in [-0.15, -0.1) is 4.33 Å². The molecular formula is C28H45NaO5S. The predicted molar refractivity (Wildman–Crippen MR) is 134 cm³/mol. The van der Waals surface area contributed by atoms with Crippen LogP contribution < -0.4 is 34.8 Å². The molecule has 0 unspecified atom stereocenters. The second-order valence-corrected chi connectivity index (χ2v) is 13.0. The molecule has 0 radical (unpaired) electrons. The van der Waals surface area contributed by atoms with Gasteiger partial charge in [0.05, 0.1) is 12.2 Å². The van der Waals surface area contributed by atoms with Crippen LogP contribution in [0.2, 0.25) is 0 Å². The quantitative estimate of drug-likeness (QED) is 0.133. The minimum atomic E-state index is -0.243. The molecule has 5 nitrogen and oxygen atoms in total. The molecule has 0 saturated heterocycles. The number of fused-ring (bicyclic) bond motifs is 5. The maximum absolute atomic E-state index is 11.7. The molecule has 0 aromatic heterocycles. The topological polar surface area (TPSA) is 71.0 Å². The van der Waals surface area contributed by atoms with Gasteiger partial charge in [-0.05, 0) is 97.2 Å². The molecule has 10 atom stereocenters. The number of hydrogen-bond acceptors (Lipinski definition) is 6. The van der Waals surface area contributed by atoms with E-state index in [0.29, 0.717) is 53.7 Å². The smallest absolute Gasteiger partial charge is 0.691 e. The number of rotatable bonds is 8. The van der Waals surface area contributed by atoms with Crippen molar-refractivity contribution >= 4 is 12.3 Å². The number of aliphatic hydroxyl groups excluding tert-OH is 1. The summed E-state index contributed by atoms with van der Waals surface area (Å²) in [7, 11) is 0. The molecule has 35 heavy (non-hydrogen) atoms. The van der Waals surface area contributed by atoms with E-state index in [-0.39, 0.29) is 52.6 Å². The fourth-order valence-corrected chi connectivity index (χ4v) is 8.69. The van der Waals surface area contributed by atoms with E-state index in [4.69, 9.17) is 4.18 Å². The van der Waals surface area contributed by atoms with Crippen LogP contribution >= 0.6 is 12.3 Å². The number of allylic oxidation sites excluding steroid dienone is 3. The minimum absolute atomic E-state index is 0. The Bertz CT molecular complexity index is 774. The van der Waals surface area contributed by atoms with Gasteiger partial charge >= 0.3 is 29.6 Å². The SMILES string of the molecule is CC(C)[C@H](C)/C=C/[C@@H](C)[C@H]1CC[C@H]2[C@@H]3CC=C4C[C@@H](OSOO[O-])CC[C@]4(C)[C@H]3C[C@H](O)[C@]12C.[Na+]. The van der Waals surface area contributed by atoms with Gasteiger partial charge in [0.2, 0.25) is 0 Å². The van der Waals surface area contributed by atoms with Crippen LogP contribution in [0.25, 0.3) is 0 Å². The van der Waals surface area contributed by atoms with E-state index >= 15 is 0 Å². The van der Waals surface area contributed by atoms with Crippen LogP contribution in [0.3, 0.4) is 0 Å². The molecule has 4 rings (SSSR count). The van der Waals surface area contributed by atoms with Gasteiger partial charge in [0, 0.05) is 0 Å². The summed E-state index contributed by atoms with van der Waals surface area (Å²) in [4.78, 5) is 0. The molecule has 0 aromatic rings. The standard InChI is InChI=1S/C28H46O5S.Na/c1-17(2)18(3)7-8-19(4)23-11-12-24-22-10-9-20-15-21(31-34-33-32-30)13-14-27(20,5)25(22)16-26(29)28(23,24)6;/h7-9,17-19,21-26,29-30H,10-16H2,1-6H3;/q;+1/p-1/b8-7+;/t18-,19-,21+,22+,23-,24+,25+,26+,27+,28-;/m1./s1. The van der Waals surface area contributed by atoms with Crippen LogP contribution in [0.1, 0.15) is 86.5 Å². The second kappa shape index (κ2) is 12.2. The molecule has 0 spiro atoms. The van der Waals surface area contributed by atoms with E-state index < -0.39 is 0 Å². The average molecular weight is 517 g/mol. The van der Waals surface area contributed by atoms with Gasteiger partial charge in [-0.25, -0.2) is 0 Å². The van der Waals surface area contributed by atoms with Crippen molar-refractivity contribution in [3.05, 3.63) is 23.8 Å². The normalized spacial score (nSPS) is 42.6. The van der Waals surface area contributed by atoms with Gasteiger partial charge in [-0.2, -0.15) is 0 Å². The van der Waals surface area contributed by atoms with Gasteiger partial charge in [0.25, 0.3) is 0 Å². The molecule has 194 valence electrons. The zero-order chi connectivity index (χ0) is 24.7. The Hall–Kier alpha value is 0.630. The third-order valence-corrected chi connectivity index (χ3v) is 11.3. The first-order valence-corrected chi connectivity index (χ1v) is 14.1. The Labute approximate surface area is 239 Å². The van der Waals surface area contributed by atoms with Gasteiger partial charge in [0.1, 0.15) is 0 Å². The first-order valence-electron chi connectivity index (χ1n) is 13.5. The predicted octanol–water partition coefficient (Wildman–Crippen LogP) is 3.20. The number of aliphatic hydroxyl groups is 1. The summed E-state index contributed by atoms with van der Waals surface area (Å²) in [5, 5.41) is 25.2. The van der Waals surface area contributed by atoms with E-state index in [0.717, 1.165) is 32.1 Å². The summed E-state index contributed by atoms with van der Waals surface area (Å²) in [5.74, 6) is 4.07. The Balaban J connectivity index is 0.00000342. The fraction of sp³-hybridized carbons (Fsp3) is 0.857. The first-order chi connectivity index (χ1) is 16.1. The van der Waals surface area contributed by atoms with Crippen LogP contribution in [0.4, 0.5) is 0 Å². The second-order valence-electron chi connectivity index (χ2n) is 12.6. The van der Waals surface area contributed by atoms with Crippen molar-refractivity contribution in [2.24, 2.45) is 52.3 Å². The summed E-state index contributed by atoms with van der Waals surface area (Å²) in [6.07, 6.45) is 14.5. The summed E-state index contributed by atoms with van der Waals surface area (Å²) >= 11 is 0.636. The molecule has 3 saturated carbocycles. The maximum atomic E-state index is 11.7. The van der Waals surface area contributed by atoms with E-state index in [1.807, 2.05) is 0 Å². The van der Waals surface area contributed by atoms with Crippen molar-refractivity contribution in [2.45, 2.75) is 98.7 Å². The third kappa shape index (κ3) is 5.67. The molecule has 0 aliphatic heterocycles. The van der Waals surface area contributed by atoms with Gasteiger partial charge in [-0.3, -0.25) is 9.22 Å². The average Bonchev–Trinajstić information content (AvgIpc) is 3.17. The molecule has 4 aliphatic carbocycles. The van der Waals surface area contributed by atoms with Crippen LogP contribution in [0.5, 0.6) is 0 Å². The van der Waals surface area contributed by atoms with E-state index in [1.165, 1.54) is 18.4 Å². The molecule has 0 aromatic carbocycles. The van der Waals surface area contributed by atoms with Crippen LogP contribution in [-0.2, 0) is 13.6 Å². The van der Waals surface area contributed by atoms with Crippen LogP contribution in [0.15, 0.2) is 23.8 Å². The zero-order valence-electron chi connectivity index (χ0n) is 22.9. The van der Waals surface area contributed by atoms with Crippen LogP contribution in [0, 0.1) is 52.3 Å². The Morgan fingerprint density at radius 1 is 1.11 bits per heavy atom. The van der Waals surface area contributed by atoms with Crippen molar-refractivity contribution < 1.29 is 53.5 Å². The number of hydrogen-bond donors (Lipinski definition) is 1. The van der Waals surface area contributed by atoms with Gasteiger partial charge in [-0.1, -0.05) is 65.3 Å². The molecule has 3 fully saturated rings. The molecule has 1 N–H and O–H groups in total. The summed E-state index contributed by atoms with van der Waals surface area (Å²) in [5.41, 5.74) is 1.60. The molecule has 0 amide bonds. The Morgan fingerprint density at radius 2 is 1.86 bits per heavy atom. The largest absolute Gasteiger partial charge is 1.00 e. The van der Waals surface area contributed by atoms with E-state index in [9.17, 15) is 10.4 Å². The van der Waals surface area contributed by atoms with Crippen molar-refractivity contribution in [1.82, 2.24) is 0 Å². The van der Waals surface area contributed by atoms with Crippen LogP contribution in [-0.4, -0.2) is 17.3 Å². The Kier molecular flexibility index (Phi) is 10.5. The van der Waals surface area contributed by atoms with Crippen molar-refractivity contribution in [2.75, 3.05) is 0 Å². The molecule has 0 bridgehead atoms. The molecule has 0 heterocycles. The van der Waals surface area contributed by atoms with Crippen molar-refractivity contribution in [3.8, 4) is 0 Å². The Morgan fingerprint density at radius 3 is 2.54 bits per heavy atom. The first kappa shape index (κ1) is 30.2. The van der Waals surface area contributed by atoms with E-state index in [1.54, 1.807) is 0 Å². The van der Waals surface area contributed by atoms with Crippen molar-refractivity contribution in [3.63, 3.8) is 0 Å². The molecular weight excluding hydrogens is 471 g/mol. The summed E-state index contributed by atoms with van der Waals surface area (Å²) in [6.45, 7) is 14.1. The fourth-order valence-electron chi connectivity index (χ4n) is 8.36. The summed E-state index contributed by atoms with van der Waals surface area (Å²) in [6, 6.07) is 0. The minimum Gasteiger partial charge on any atom is -0.691 e. The maximum Gasteiger partial charge on any atom is 1.00 e. The third-order valence-electron chi connectivity index (χ3n) is 10.9.